The number of nitrogens with two attached hydrogens (primary N) is 1. The molecular formula is C21H17FN2O4S. The van der Waals surface area contributed by atoms with Gasteiger partial charge in [0.05, 0.1) is 0 Å². The van der Waals surface area contributed by atoms with Crippen molar-refractivity contribution in [3.05, 3.63) is 76.9 Å². The molecule has 0 fully saturated rings. The smallest absolute Gasteiger partial charge is 0.349 e. The summed E-state index contributed by atoms with van der Waals surface area (Å²) < 4.78 is 18.3. The highest BCUT2D eigenvalue weighted by atomic mass is 32.1. The van der Waals surface area contributed by atoms with Gasteiger partial charge in [-0.2, -0.15) is 0 Å². The summed E-state index contributed by atoms with van der Waals surface area (Å²) in [5.74, 6) is -2.05. The fourth-order valence-electron chi connectivity index (χ4n) is 2.45. The van der Waals surface area contributed by atoms with Gasteiger partial charge in [-0.1, -0.05) is 12.1 Å². The van der Waals surface area contributed by atoms with E-state index in [1.807, 2.05) is 0 Å². The highest BCUT2D eigenvalue weighted by Crippen LogP contribution is 2.29. The van der Waals surface area contributed by atoms with Gasteiger partial charge in [-0.3, -0.25) is 9.59 Å². The molecule has 1 aromatic heterocycles. The molecule has 148 valence electrons. The molecule has 0 bridgehead atoms. The third-order valence-electron chi connectivity index (χ3n) is 4.03. The zero-order valence-corrected chi connectivity index (χ0v) is 16.2. The first-order valence-corrected chi connectivity index (χ1v) is 9.42. The molecule has 1 heterocycles. The number of nitrogens with one attached hydrogen (secondary N) is 1. The monoisotopic (exact) mass is 412 g/mol. The number of carbonyl (C=O) groups excluding carboxylic acids is 3. The maximum Gasteiger partial charge on any atom is 0.349 e. The average molecular weight is 412 g/mol. The van der Waals surface area contributed by atoms with Crippen molar-refractivity contribution in [3.8, 4) is 10.4 Å². The number of esters is 1. The molecule has 29 heavy (non-hydrogen) atoms. The Bertz CT molecular complexity index is 1050. The van der Waals surface area contributed by atoms with Crippen LogP contribution in [-0.4, -0.2) is 23.9 Å². The lowest BCUT2D eigenvalue weighted by Crippen LogP contribution is -2.29. The van der Waals surface area contributed by atoms with E-state index in [2.05, 4.69) is 5.32 Å². The molecule has 3 rings (SSSR count). The summed E-state index contributed by atoms with van der Waals surface area (Å²) in [6.45, 7) is 1.46. The van der Waals surface area contributed by atoms with Crippen LogP contribution in [0.15, 0.2) is 60.7 Å². The van der Waals surface area contributed by atoms with Crippen molar-refractivity contribution in [3.63, 3.8) is 0 Å². The van der Waals surface area contributed by atoms with Gasteiger partial charge >= 0.3 is 5.97 Å². The number of rotatable bonds is 6. The quantitative estimate of drug-likeness (QED) is 0.601. The maximum absolute atomic E-state index is 13.0. The standard InChI is InChI=1S/C21H17FN2O4S/c1-12(20(26)24-16-8-4-14(5-9-16)19(23)25)28-21(27)18-11-10-17(29-18)13-2-6-15(22)7-3-13/h2-12H,1H3,(H2,23,25)(H,24,26). The first-order valence-electron chi connectivity index (χ1n) is 8.61. The van der Waals surface area contributed by atoms with Gasteiger partial charge in [0.2, 0.25) is 5.91 Å². The average Bonchev–Trinajstić information content (AvgIpc) is 3.19. The zero-order valence-electron chi connectivity index (χ0n) is 15.3. The number of hydrogen-bond acceptors (Lipinski definition) is 5. The molecule has 3 N–H and O–H groups in total. The van der Waals surface area contributed by atoms with E-state index < -0.39 is 23.9 Å². The number of amides is 2. The fourth-order valence-corrected chi connectivity index (χ4v) is 3.35. The van der Waals surface area contributed by atoms with E-state index >= 15 is 0 Å². The molecule has 8 heteroatoms. The van der Waals surface area contributed by atoms with Crippen LogP contribution in [-0.2, 0) is 9.53 Å². The van der Waals surface area contributed by atoms with Gasteiger partial charge in [0.15, 0.2) is 6.10 Å². The Hall–Kier alpha value is -3.52. The molecule has 6 nitrogen and oxygen atoms in total. The predicted molar refractivity (Wildman–Crippen MR) is 108 cm³/mol. The third kappa shape index (κ3) is 5.05. The SMILES string of the molecule is CC(OC(=O)c1ccc(-c2ccc(F)cc2)s1)C(=O)Nc1ccc(C(N)=O)cc1. The topological polar surface area (TPSA) is 98.5 Å². The van der Waals surface area contributed by atoms with Crippen LogP contribution in [0.2, 0.25) is 0 Å². The van der Waals surface area contributed by atoms with Gasteiger partial charge < -0.3 is 15.8 Å². The molecule has 0 aliphatic carbocycles. The van der Waals surface area contributed by atoms with E-state index in [9.17, 15) is 18.8 Å². The minimum atomic E-state index is -1.03. The van der Waals surface area contributed by atoms with E-state index in [1.54, 1.807) is 24.3 Å². The molecule has 1 atom stereocenters. The molecule has 0 aliphatic rings. The van der Waals surface area contributed by atoms with Crippen LogP contribution in [0.1, 0.15) is 27.0 Å². The molecule has 3 aromatic rings. The van der Waals surface area contributed by atoms with Gasteiger partial charge in [0, 0.05) is 16.1 Å². The minimum Gasteiger partial charge on any atom is -0.448 e. The maximum atomic E-state index is 13.0. The van der Waals surface area contributed by atoms with Gasteiger partial charge in [0.1, 0.15) is 10.7 Å². The molecular weight excluding hydrogens is 395 g/mol. The normalized spacial score (nSPS) is 11.5. The molecule has 0 saturated heterocycles. The van der Waals surface area contributed by atoms with Crippen molar-refractivity contribution in [1.29, 1.82) is 0 Å². The Morgan fingerprint density at radius 1 is 1.00 bits per heavy atom. The number of halogens is 1. The number of primary amides is 1. The Labute approximate surface area is 170 Å². The molecule has 0 saturated carbocycles. The minimum absolute atomic E-state index is 0.317. The van der Waals surface area contributed by atoms with E-state index in [1.165, 1.54) is 54.7 Å². The Kier molecular flexibility index (Phi) is 6.04. The van der Waals surface area contributed by atoms with Crippen LogP contribution < -0.4 is 11.1 Å². The number of thiophene rings is 1. The van der Waals surface area contributed by atoms with Crippen molar-refractivity contribution in [2.24, 2.45) is 5.73 Å². The number of carbonyl (C=O) groups is 3. The van der Waals surface area contributed by atoms with Gasteiger partial charge in [-0.05, 0) is 61.0 Å². The second-order valence-electron chi connectivity index (χ2n) is 6.15. The lowest BCUT2D eigenvalue weighted by atomic mass is 10.2. The summed E-state index contributed by atoms with van der Waals surface area (Å²) in [6.07, 6.45) is -1.03. The highest BCUT2D eigenvalue weighted by Gasteiger charge is 2.20. The van der Waals surface area contributed by atoms with Gasteiger partial charge in [-0.15, -0.1) is 11.3 Å². The lowest BCUT2D eigenvalue weighted by Gasteiger charge is -2.13. The van der Waals surface area contributed by atoms with Crippen LogP contribution in [0.4, 0.5) is 10.1 Å². The van der Waals surface area contributed by atoms with Gasteiger partial charge in [0.25, 0.3) is 5.91 Å². The summed E-state index contributed by atoms with van der Waals surface area (Å²) >= 11 is 1.19. The summed E-state index contributed by atoms with van der Waals surface area (Å²) in [6, 6.07) is 15.3. The Balaban J connectivity index is 1.60. The number of benzene rings is 2. The van der Waals surface area contributed by atoms with Crippen LogP contribution in [0.5, 0.6) is 0 Å². The molecule has 0 radical (unpaired) electrons. The van der Waals surface area contributed by atoms with E-state index in [-0.39, 0.29) is 5.82 Å². The number of anilines is 1. The van der Waals surface area contributed by atoms with Crippen LogP contribution in [0.25, 0.3) is 10.4 Å². The van der Waals surface area contributed by atoms with E-state index in [0.717, 1.165) is 10.4 Å². The largest absolute Gasteiger partial charge is 0.448 e. The summed E-state index contributed by atoms with van der Waals surface area (Å²) in [7, 11) is 0. The predicted octanol–water partition coefficient (Wildman–Crippen LogP) is 3.84. The van der Waals surface area contributed by atoms with Crippen LogP contribution in [0, 0.1) is 5.82 Å². The molecule has 2 amide bonds. The third-order valence-corrected chi connectivity index (χ3v) is 5.14. The molecule has 1 unspecified atom stereocenters. The lowest BCUT2D eigenvalue weighted by molar-refractivity contribution is -0.123. The highest BCUT2D eigenvalue weighted by molar-refractivity contribution is 7.17. The van der Waals surface area contributed by atoms with Crippen LogP contribution >= 0.6 is 11.3 Å². The van der Waals surface area contributed by atoms with Gasteiger partial charge in [-0.25, -0.2) is 9.18 Å². The number of hydrogen-bond donors (Lipinski definition) is 2. The summed E-state index contributed by atoms with van der Waals surface area (Å²) in [4.78, 5) is 36.7. The summed E-state index contributed by atoms with van der Waals surface area (Å²) in [5.41, 5.74) is 6.71. The van der Waals surface area contributed by atoms with Crippen molar-refractivity contribution >= 4 is 34.8 Å². The fraction of sp³-hybridized carbons (Fsp3) is 0.0952. The zero-order chi connectivity index (χ0) is 21.0. The van der Waals surface area contributed by atoms with Crippen molar-refractivity contribution < 1.29 is 23.5 Å². The Morgan fingerprint density at radius 3 is 2.28 bits per heavy atom. The molecule has 0 spiro atoms. The number of ether oxygens (including phenoxy) is 1. The second-order valence-corrected chi connectivity index (χ2v) is 7.23. The second kappa shape index (κ2) is 8.66. The van der Waals surface area contributed by atoms with Crippen molar-refractivity contribution in [2.45, 2.75) is 13.0 Å². The van der Waals surface area contributed by atoms with Crippen molar-refractivity contribution in [1.82, 2.24) is 0 Å². The van der Waals surface area contributed by atoms with Crippen molar-refractivity contribution in [2.75, 3.05) is 5.32 Å². The summed E-state index contributed by atoms with van der Waals surface area (Å²) in [5, 5.41) is 2.60. The van der Waals surface area contributed by atoms with E-state index in [4.69, 9.17) is 10.5 Å². The first-order chi connectivity index (χ1) is 13.8. The van der Waals surface area contributed by atoms with Crippen LogP contribution in [0.3, 0.4) is 0 Å². The molecule has 0 aliphatic heterocycles. The van der Waals surface area contributed by atoms with E-state index in [0.29, 0.717) is 16.1 Å². The molecule has 2 aromatic carbocycles. The first kappa shape index (κ1) is 20.2. The Morgan fingerprint density at radius 2 is 1.66 bits per heavy atom.